The van der Waals surface area contributed by atoms with Crippen molar-refractivity contribution in [1.29, 1.82) is 0 Å². The Hall–Kier alpha value is -1.00. The number of halogens is 2. The van der Waals surface area contributed by atoms with E-state index in [9.17, 15) is 0 Å². The van der Waals surface area contributed by atoms with Crippen molar-refractivity contribution in [1.82, 2.24) is 0 Å². The number of hydrogen-bond donors (Lipinski definition) is 0. The summed E-state index contributed by atoms with van der Waals surface area (Å²) in [5.41, 5.74) is 2.73. The molecule has 0 saturated heterocycles. The van der Waals surface area contributed by atoms with Gasteiger partial charge in [-0.15, -0.1) is 0 Å². The summed E-state index contributed by atoms with van der Waals surface area (Å²) in [4.78, 5) is 0.489. The van der Waals surface area contributed by atoms with Gasteiger partial charge in [-0.25, -0.2) is 0 Å². The van der Waals surface area contributed by atoms with Gasteiger partial charge in [-0.3, -0.25) is 0 Å². The van der Waals surface area contributed by atoms with Gasteiger partial charge in [0, 0.05) is 16.1 Å². The number of rotatable bonds is 20. The van der Waals surface area contributed by atoms with Crippen molar-refractivity contribution in [3.05, 3.63) is 59.7 Å². The number of benzene rings is 2. The van der Waals surface area contributed by atoms with Crippen LogP contribution in [0.5, 0.6) is 11.5 Å². The molecule has 0 saturated carbocycles. The maximum absolute atomic E-state index is 6.01. The van der Waals surface area contributed by atoms with E-state index in [0.717, 1.165) is 36.3 Å². The van der Waals surface area contributed by atoms with Crippen LogP contribution in [0.4, 0.5) is 0 Å². The van der Waals surface area contributed by atoms with Gasteiger partial charge in [0.25, 0.3) is 0 Å². The van der Waals surface area contributed by atoms with E-state index in [4.69, 9.17) is 9.47 Å². The molecule has 4 heteroatoms. The third-order valence-corrected chi connectivity index (χ3v) is 8.22. The lowest BCUT2D eigenvalue weighted by Gasteiger charge is -2.25. The summed E-state index contributed by atoms with van der Waals surface area (Å²) < 4.78 is 11.9. The first kappa shape index (κ1) is 30.2. The summed E-state index contributed by atoms with van der Waals surface area (Å²) in [6, 6.07) is 17.2. The van der Waals surface area contributed by atoms with Gasteiger partial charge in [-0.2, -0.15) is 0 Å². The highest BCUT2D eigenvalue weighted by Crippen LogP contribution is 2.38. The number of unbranched alkanes of at least 4 members (excludes halogenated alkanes) is 6. The molecule has 0 aliphatic carbocycles. The summed E-state index contributed by atoms with van der Waals surface area (Å²) in [6.45, 7) is 5.75. The van der Waals surface area contributed by atoms with E-state index in [1.165, 1.54) is 75.3 Å². The van der Waals surface area contributed by atoms with Crippen LogP contribution in [0.25, 0.3) is 0 Å². The van der Waals surface area contributed by atoms with Gasteiger partial charge >= 0.3 is 0 Å². The van der Waals surface area contributed by atoms with Crippen molar-refractivity contribution < 1.29 is 9.47 Å². The minimum absolute atomic E-state index is 0.489. The Balaban J connectivity index is 1.83. The number of hydrogen-bond acceptors (Lipinski definition) is 2. The van der Waals surface area contributed by atoms with Crippen molar-refractivity contribution >= 4 is 31.9 Å². The highest BCUT2D eigenvalue weighted by Gasteiger charge is 2.23. The Bertz CT molecular complexity index is 795. The van der Waals surface area contributed by atoms with Gasteiger partial charge in [-0.1, -0.05) is 114 Å². The molecule has 35 heavy (non-hydrogen) atoms. The summed E-state index contributed by atoms with van der Waals surface area (Å²) in [6.07, 6.45) is 14.8. The molecular weight excluding hydrogens is 564 g/mol. The van der Waals surface area contributed by atoms with Crippen molar-refractivity contribution in [2.24, 2.45) is 0 Å². The summed E-state index contributed by atoms with van der Waals surface area (Å²) in [5, 5.41) is 1.11. The summed E-state index contributed by atoms with van der Waals surface area (Å²) in [5.74, 6) is 2.64. The topological polar surface area (TPSA) is 18.5 Å². The third kappa shape index (κ3) is 11.7. The van der Waals surface area contributed by atoms with Crippen molar-refractivity contribution in [2.75, 3.05) is 18.5 Å². The zero-order chi connectivity index (χ0) is 25.1. The van der Waals surface area contributed by atoms with Gasteiger partial charge in [-0.05, 0) is 68.7 Å². The van der Waals surface area contributed by atoms with E-state index in [-0.39, 0.29) is 0 Å². The summed E-state index contributed by atoms with van der Waals surface area (Å²) >= 11 is 7.67. The molecule has 2 atom stereocenters. The Kier molecular flexibility index (Phi) is 16.5. The molecule has 2 nitrogen and oxygen atoms in total. The smallest absolute Gasteiger partial charge is 0.122 e. The fraction of sp³-hybridized carbons (Fsp3) is 0.613. The standard InChI is InChI=1S/C31H46Br2O2/c1-3-25-35-30-22-14-12-18-26(30)17-9-5-6-11-21-29(33)27(19-10-7-8-16-24-32)28-20-13-15-23-31(28)34-4-2/h12-15,18,20,22-23,27,29H,3-11,16-17,19,21,24-25H2,1-2H3. The highest BCUT2D eigenvalue weighted by atomic mass is 79.9. The largest absolute Gasteiger partial charge is 0.494 e. The quantitative estimate of drug-likeness (QED) is 0.110. The minimum atomic E-state index is 0.489. The van der Waals surface area contributed by atoms with Gasteiger partial charge in [0.2, 0.25) is 0 Å². The van der Waals surface area contributed by atoms with Gasteiger partial charge in [0.15, 0.2) is 0 Å². The maximum Gasteiger partial charge on any atom is 0.122 e. The molecule has 0 radical (unpaired) electrons. The lowest BCUT2D eigenvalue weighted by atomic mass is 9.87. The van der Waals surface area contributed by atoms with Crippen LogP contribution in [0, 0.1) is 0 Å². The van der Waals surface area contributed by atoms with Crippen molar-refractivity contribution in [3.63, 3.8) is 0 Å². The first-order valence-corrected chi connectivity index (χ1v) is 15.9. The van der Waals surface area contributed by atoms with Crippen LogP contribution in [0.15, 0.2) is 48.5 Å². The van der Waals surface area contributed by atoms with Crippen LogP contribution in [-0.2, 0) is 6.42 Å². The second kappa shape index (κ2) is 19.2. The Labute approximate surface area is 231 Å². The zero-order valence-corrected chi connectivity index (χ0v) is 25.1. The second-order valence-electron chi connectivity index (χ2n) is 9.39. The first-order valence-electron chi connectivity index (χ1n) is 13.8. The SMILES string of the molecule is CCCOc1ccccc1CCCCCCC(Br)C(CCCCCCBr)c1ccccc1OCC. The first-order chi connectivity index (χ1) is 17.2. The monoisotopic (exact) mass is 608 g/mol. The number of alkyl halides is 2. The number of ether oxygens (including phenoxy) is 2. The van der Waals surface area contributed by atoms with E-state index in [0.29, 0.717) is 17.4 Å². The lowest BCUT2D eigenvalue weighted by molar-refractivity contribution is 0.314. The molecule has 2 rings (SSSR count). The van der Waals surface area contributed by atoms with Gasteiger partial charge in [0.05, 0.1) is 13.2 Å². The normalized spacial score (nSPS) is 12.9. The molecule has 0 fully saturated rings. The van der Waals surface area contributed by atoms with E-state index in [1.54, 1.807) is 0 Å². The molecule has 2 aromatic carbocycles. The molecule has 0 aliphatic rings. The Morgan fingerprint density at radius 3 is 2.11 bits per heavy atom. The lowest BCUT2D eigenvalue weighted by Crippen LogP contribution is -2.14. The fourth-order valence-electron chi connectivity index (χ4n) is 4.69. The van der Waals surface area contributed by atoms with Gasteiger partial charge < -0.3 is 9.47 Å². The minimum Gasteiger partial charge on any atom is -0.494 e. The highest BCUT2D eigenvalue weighted by molar-refractivity contribution is 9.09. The molecule has 0 aliphatic heterocycles. The third-order valence-electron chi connectivity index (χ3n) is 6.56. The molecule has 0 aromatic heterocycles. The Morgan fingerprint density at radius 2 is 1.37 bits per heavy atom. The average Bonchev–Trinajstić information content (AvgIpc) is 2.88. The van der Waals surface area contributed by atoms with Crippen LogP contribution in [0.2, 0.25) is 0 Å². The molecule has 0 heterocycles. The molecule has 196 valence electrons. The molecule has 0 amide bonds. The molecule has 2 aromatic rings. The zero-order valence-electron chi connectivity index (χ0n) is 22.0. The van der Waals surface area contributed by atoms with E-state index < -0.39 is 0 Å². The van der Waals surface area contributed by atoms with Gasteiger partial charge in [0.1, 0.15) is 11.5 Å². The molecule has 0 spiro atoms. The number of para-hydroxylation sites is 2. The molecule has 2 unspecified atom stereocenters. The van der Waals surface area contributed by atoms with E-state index in [2.05, 4.69) is 94.2 Å². The van der Waals surface area contributed by atoms with Crippen molar-refractivity contribution in [2.45, 2.75) is 102 Å². The van der Waals surface area contributed by atoms with E-state index >= 15 is 0 Å². The predicted molar refractivity (Wildman–Crippen MR) is 159 cm³/mol. The van der Waals surface area contributed by atoms with Crippen LogP contribution >= 0.6 is 31.9 Å². The second-order valence-corrected chi connectivity index (χ2v) is 11.4. The van der Waals surface area contributed by atoms with Crippen LogP contribution in [0.3, 0.4) is 0 Å². The van der Waals surface area contributed by atoms with E-state index in [1.807, 2.05) is 0 Å². The van der Waals surface area contributed by atoms with Crippen LogP contribution in [-0.4, -0.2) is 23.4 Å². The maximum atomic E-state index is 6.01. The fourth-order valence-corrected chi connectivity index (χ4v) is 5.96. The number of aryl methyl sites for hydroxylation is 1. The molecular formula is C31H46Br2O2. The van der Waals surface area contributed by atoms with Crippen LogP contribution < -0.4 is 9.47 Å². The average molecular weight is 611 g/mol. The molecule has 0 bridgehead atoms. The summed E-state index contributed by atoms with van der Waals surface area (Å²) in [7, 11) is 0. The Morgan fingerprint density at radius 1 is 0.714 bits per heavy atom. The predicted octanol–water partition coefficient (Wildman–Crippen LogP) is 10.3. The molecule has 0 N–H and O–H groups in total. The van der Waals surface area contributed by atoms with Crippen LogP contribution in [0.1, 0.15) is 102 Å². The van der Waals surface area contributed by atoms with Crippen molar-refractivity contribution in [3.8, 4) is 11.5 Å².